The van der Waals surface area contributed by atoms with Crippen molar-refractivity contribution in [3.8, 4) is 11.3 Å². The normalized spacial score (nSPS) is 11.5. The first-order valence-electron chi connectivity index (χ1n) is 4.95. The van der Waals surface area contributed by atoms with Gasteiger partial charge in [-0.2, -0.15) is 13.2 Å². The second kappa shape index (κ2) is 4.16. The van der Waals surface area contributed by atoms with E-state index in [2.05, 4.69) is 9.97 Å². The molecular weight excluding hydrogens is 229 g/mol. The van der Waals surface area contributed by atoms with Gasteiger partial charge in [0.05, 0.1) is 5.69 Å². The predicted octanol–water partition coefficient (Wildman–Crippen LogP) is 3.47. The van der Waals surface area contributed by atoms with Crippen molar-refractivity contribution in [3.05, 3.63) is 47.9 Å². The quantitative estimate of drug-likeness (QED) is 0.760. The fourth-order valence-electron chi connectivity index (χ4n) is 1.50. The maximum Gasteiger partial charge on any atom is 0.433 e. The van der Waals surface area contributed by atoms with Crippen molar-refractivity contribution < 1.29 is 13.2 Å². The Morgan fingerprint density at radius 1 is 1.06 bits per heavy atom. The molecule has 0 saturated heterocycles. The molecule has 2 heterocycles. The number of alkyl halides is 3. The monoisotopic (exact) mass is 238 g/mol. The first-order valence-corrected chi connectivity index (χ1v) is 4.95. The van der Waals surface area contributed by atoms with E-state index in [1.165, 1.54) is 6.07 Å². The van der Waals surface area contributed by atoms with Gasteiger partial charge in [-0.1, -0.05) is 6.07 Å². The molecule has 0 aliphatic carbocycles. The van der Waals surface area contributed by atoms with Gasteiger partial charge in [-0.15, -0.1) is 0 Å². The summed E-state index contributed by atoms with van der Waals surface area (Å²) in [5.41, 5.74) is 0.654. The van der Waals surface area contributed by atoms with Crippen LogP contribution in [0.2, 0.25) is 0 Å². The van der Waals surface area contributed by atoms with Gasteiger partial charge in [0.25, 0.3) is 0 Å². The number of hydrogen-bond acceptors (Lipinski definition) is 2. The Bertz CT molecular complexity index is 535. The van der Waals surface area contributed by atoms with Crippen molar-refractivity contribution in [2.45, 2.75) is 13.1 Å². The van der Waals surface area contributed by atoms with Crippen LogP contribution in [0.3, 0.4) is 0 Å². The zero-order chi connectivity index (χ0) is 12.5. The maximum atomic E-state index is 12.5. The van der Waals surface area contributed by atoms with Crippen molar-refractivity contribution in [1.29, 1.82) is 0 Å². The summed E-state index contributed by atoms with van der Waals surface area (Å²) < 4.78 is 37.5. The van der Waals surface area contributed by atoms with Crippen molar-refractivity contribution >= 4 is 0 Å². The number of hydrogen-bond donors (Lipinski definition) is 0. The van der Waals surface area contributed by atoms with Crippen LogP contribution >= 0.6 is 0 Å². The summed E-state index contributed by atoms with van der Waals surface area (Å²) in [4.78, 5) is 7.64. The van der Waals surface area contributed by atoms with Gasteiger partial charge in [0, 0.05) is 17.5 Å². The Morgan fingerprint density at radius 2 is 1.82 bits per heavy atom. The highest BCUT2D eigenvalue weighted by Crippen LogP contribution is 2.29. The average Bonchev–Trinajstić information content (AvgIpc) is 2.29. The molecule has 0 aromatic carbocycles. The molecule has 0 atom stereocenters. The number of aromatic nitrogens is 2. The molecule has 0 aliphatic rings. The van der Waals surface area contributed by atoms with Gasteiger partial charge in [-0.25, -0.2) is 4.98 Å². The number of pyridine rings is 2. The average molecular weight is 238 g/mol. The van der Waals surface area contributed by atoms with Crippen LogP contribution in [0.15, 0.2) is 36.5 Å². The minimum atomic E-state index is -4.42. The fraction of sp³-hybridized carbons (Fsp3) is 0.167. The van der Waals surface area contributed by atoms with E-state index in [1.54, 1.807) is 31.3 Å². The van der Waals surface area contributed by atoms with E-state index in [4.69, 9.17) is 0 Å². The van der Waals surface area contributed by atoms with E-state index in [-0.39, 0.29) is 5.69 Å². The lowest BCUT2D eigenvalue weighted by atomic mass is 10.1. The molecule has 0 fully saturated rings. The van der Waals surface area contributed by atoms with Crippen LogP contribution in [0.25, 0.3) is 11.3 Å². The van der Waals surface area contributed by atoms with Crippen molar-refractivity contribution in [1.82, 2.24) is 9.97 Å². The van der Waals surface area contributed by atoms with Gasteiger partial charge in [-0.05, 0) is 31.2 Å². The van der Waals surface area contributed by atoms with Gasteiger partial charge >= 0.3 is 6.18 Å². The largest absolute Gasteiger partial charge is 0.433 e. The van der Waals surface area contributed by atoms with Gasteiger partial charge in [-0.3, -0.25) is 4.98 Å². The molecule has 0 spiro atoms. The van der Waals surface area contributed by atoms with Crippen molar-refractivity contribution in [2.75, 3.05) is 0 Å². The maximum absolute atomic E-state index is 12.5. The highest BCUT2D eigenvalue weighted by atomic mass is 19.4. The third-order valence-corrected chi connectivity index (χ3v) is 2.32. The Kier molecular flexibility index (Phi) is 2.83. The molecular formula is C12H9F3N2. The van der Waals surface area contributed by atoms with Gasteiger partial charge in [0.15, 0.2) is 0 Å². The minimum Gasteiger partial charge on any atom is -0.261 e. The minimum absolute atomic E-state index is 0.283. The number of halogens is 3. The smallest absolute Gasteiger partial charge is 0.261 e. The van der Waals surface area contributed by atoms with Crippen molar-refractivity contribution in [3.63, 3.8) is 0 Å². The molecule has 0 unspecified atom stereocenters. The van der Waals surface area contributed by atoms with Crippen LogP contribution in [0, 0.1) is 6.92 Å². The lowest BCUT2D eigenvalue weighted by Gasteiger charge is -2.08. The molecule has 2 aromatic heterocycles. The third-order valence-electron chi connectivity index (χ3n) is 2.32. The SMILES string of the molecule is Cc1ncccc1-c1cccc(C(F)(F)F)n1. The van der Waals surface area contributed by atoms with Crippen LogP contribution in [0.4, 0.5) is 13.2 Å². The van der Waals surface area contributed by atoms with Crippen LogP contribution in [-0.2, 0) is 6.18 Å². The molecule has 88 valence electrons. The third kappa shape index (κ3) is 2.43. The highest BCUT2D eigenvalue weighted by molar-refractivity contribution is 5.61. The zero-order valence-electron chi connectivity index (χ0n) is 8.99. The predicted molar refractivity (Wildman–Crippen MR) is 57.2 cm³/mol. The molecule has 2 aromatic rings. The second-order valence-corrected chi connectivity index (χ2v) is 3.54. The van der Waals surface area contributed by atoms with E-state index in [9.17, 15) is 13.2 Å². The molecule has 0 bridgehead atoms. The lowest BCUT2D eigenvalue weighted by Crippen LogP contribution is -2.08. The summed E-state index contributed by atoms with van der Waals surface area (Å²) >= 11 is 0. The summed E-state index contributed by atoms with van der Waals surface area (Å²) in [5.74, 6) is 0. The number of nitrogens with zero attached hydrogens (tertiary/aromatic N) is 2. The van der Waals surface area contributed by atoms with Gasteiger partial charge < -0.3 is 0 Å². The standard InChI is InChI=1S/C12H9F3N2/c1-8-9(4-3-7-16-8)10-5-2-6-11(17-10)12(13,14)15/h2-7H,1H3. The molecule has 2 nitrogen and oxygen atoms in total. The van der Waals surface area contributed by atoms with Crippen molar-refractivity contribution in [2.24, 2.45) is 0 Å². The molecule has 0 aliphatic heterocycles. The van der Waals surface area contributed by atoms with Gasteiger partial charge in [0.1, 0.15) is 5.69 Å². The molecule has 0 N–H and O–H groups in total. The summed E-state index contributed by atoms with van der Waals surface area (Å²) in [5, 5.41) is 0. The zero-order valence-corrected chi connectivity index (χ0v) is 8.99. The van der Waals surface area contributed by atoms with Crippen LogP contribution in [0.1, 0.15) is 11.4 Å². The molecule has 0 radical (unpaired) electrons. The summed E-state index contributed by atoms with van der Waals surface area (Å²) in [6, 6.07) is 7.21. The fourth-order valence-corrected chi connectivity index (χ4v) is 1.50. The van der Waals surface area contributed by atoms with Crippen LogP contribution < -0.4 is 0 Å². The van der Waals surface area contributed by atoms with Crippen LogP contribution in [-0.4, -0.2) is 9.97 Å². The molecule has 0 saturated carbocycles. The Hall–Kier alpha value is -1.91. The van der Waals surface area contributed by atoms with E-state index in [0.29, 0.717) is 11.3 Å². The summed E-state index contributed by atoms with van der Waals surface area (Å²) in [6.07, 6.45) is -2.83. The first kappa shape index (κ1) is 11.6. The number of aryl methyl sites for hydroxylation is 1. The van der Waals surface area contributed by atoms with E-state index in [0.717, 1.165) is 6.07 Å². The Balaban J connectivity index is 2.51. The molecule has 5 heteroatoms. The molecule has 2 rings (SSSR count). The first-order chi connectivity index (χ1) is 7.98. The highest BCUT2D eigenvalue weighted by Gasteiger charge is 2.32. The Labute approximate surface area is 96.2 Å². The van der Waals surface area contributed by atoms with E-state index in [1.807, 2.05) is 0 Å². The molecule has 0 amide bonds. The molecule has 17 heavy (non-hydrogen) atoms. The topological polar surface area (TPSA) is 25.8 Å². The van der Waals surface area contributed by atoms with Crippen LogP contribution in [0.5, 0.6) is 0 Å². The summed E-state index contributed by atoms with van der Waals surface area (Å²) in [7, 11) is 0. The summed E-state index contributed by atoms with van der Waals surface area (Å²) in [6.45, 7) is 1.73. The van der Waals surface area contributed by atoms with E-state index < -0.39 is 11.9 Å². The number of rotatable bonds is 1. The second-order valence-electron chi connectivity index (χ2n) is 3.54. The van der Waals surface area contributed by atoms with E-state index >= 15 is 0 Å². The lowest BCUT2D eigenvalue weighted by molar-refractivity contribution is -0.141. The Morgan fingerprint density at radius 3 is 2.47 bits per heavy atom. The van der Waals surface area contributed by atoms with Gasteiger partial charge in [0.2, 0.25) is 0 Å².